The van der Waals surface area contributed by atoms with Crippen LogP contribution in [0.5, 0.6) is 0 Å². The molecule has 0 saturated carbocycles. The third kappa shape index (κ3) is 3.89. The van der Waals surface area contributed by atoms with Gasteiger partial charge in [0, 0.05) is 6.20 Å². The molecular weight excluding hydrogens is 407 g/mol. The van der Waals surface area contributed by atoms with Gasteiger partial charge in [0.2, 0.25) is 0 Å². The first-order valence-electron chi connectivity index (χ1n) is 9.62. The first-order chi connectivity index (χ1) is 14.9. The summed E-state index contributed by atoms with van der Waals surface area (Å²) < 4.78 is 15.7. The fourth-order valence-electron chi connectivity index (χ4n) is 3.44. The number of carboxylic acids is 1. The molecule has 0 saturated heterocycles. The zero-order valence-electron chi connectivity index (χ0n) is 16.5. The Morgan fingerprint density at radius 2 is 2.10 bits per heavy atom. The van der Waals surface area contributed by atoms with Gasteiger partial charge in [0.15, 0.2) is 5.65 Å². The molecule has 0 radical (unpaired) electrons. The van der Waals surface area contributed by atoms with Crippen LogP contribution in [0, 0.1) is 5.82 Å². The lowest BCUT2D eigenvalue weighted by Crippen LogP contribution is -2.41. The second-order valence-corrected chi connectivity index (χ2v) is 7.11. The molecule has 4 aromatic rings. The van der Waals surface area contributed by atoms with E-state index in [-0.39, 0.29) is 29.2 Å². The Labute approximate surface area is 174 Å². The summed E-state index contributed by atoms with van der Waals surface area (Å²) >= 11 is 0. The number of halogens is 1. The molecule has 0 bridgehead atoms. The van der Waals surface area contributed by atoms with Gasteiger partial charge in [-0.15, -0.1) is 0 Å². The number of hydrogen-bond acceptors (Lipinski definition) is 5. The molecule has 3 N–H and O–H groups in total. The average Bonchev–Trinajstić information content (AvgIpc) is 3.34. The van der Waals surface area contributed by atoms with Crippen molar-refractivity contribution in [3.8, 4) is 11.4 Å². The van der Waals surface area contributed by atoms with Crippen LogP contribution in [0.25, 0.3) is 22.6 Å². The number of aromatic nitrogens is 6. The Morgan fingerprint density at radius 3 is 2.81 bits per heavy atom. The SMILES string of the molecule is CCCC(C(=O)O)n1c(=O)[nH]c2nc(-c3cnn(Cc4cccc(F)c4)c3)[nH]c2c1=O. The number of nitrogens with one attached hydrogen (secondary N) is 2. The van der Waals surface area contributed by atoms with E-state index >= 15 is 0 Å². The number of H-pyrrole nitrogens is 2. The van der Waals surface area contributed by atoms with E-state index in [1.54, 1.807) is 29.9 Å². The molecule has 160 valence electrons. The van der Waals surface area contributed by atoms with Crippen molar-refractivity contribution in [2.45, 2.75) is 32.4 Å². The fourth-order valence-corrected chi connectivity index (χ4v) is 3.44. The van der Waals surface area contributed by atoms with E-state index in [1.807, 2.05) is 0 Å². The Bertz CT molecular complexity index is 1380. The van der Waals surface area contributed by atoms with Crippen LogP contribution in [0.15, 0.2) is 46.2 Å². The molecule has 10 nitrogen and oxygen atoms in total. The van der Waals surface area contributed by atoms with Crippen molar-refractivity contribution in [1.82, 2.24) is 29.3 Å². The molecule has 31 heavy (non-hydrogen) atoms. The van der Waals surface area contributed by atoms with Gasteiger partial charge in [0.05, 0.1) is 18.3 Å². The monoisotopic (exact) mass is 426 g/mol. The summed E-state index contributed by atoms with van der Waals surface area (Å²) in [6.07, 6.45) is 3.80. The maximum atomic E-state index is 13.4. The number of imidazole rings is 1. The summed E-state index contributed by atoms with van der Waals surface area (Å²) in [4.78, 5) is 46.4. The second-order valence-electron chi connectivity index (χ2n) is 7.11. The molecule has 3 heterocycles. The van der Waals surface area contributed by atoms with Gasteiger partial charge in [-0.25, -0.2) is 23.5 Å². The summed E-state index contributed by atoms with van der Waals surface area (Å²) in [7, 11) is 0. The minimum Gasteiger partial charge on any atom is -0.480 e. The molecule has 0 amide bonds. The van der Waals surface area contributed by atoms with Crippen LogP contribution in [0.4, 0.5) is 4.39 Å². The van der Waals surface area contributed by atoms with E-state index in [2.05, 4.69) is 20.1 Å². The standard InChI is InChI=1S/C20H19FN6O4/c1-2-4-14(19(29)30)27-18(28)15-17(25-20(27)31)24-16(23-15)12-8-22-26(10-12)9-11-5-3-6-13(21)7-11/h3,5-8,10,14H,2,4,9H2,1H3,(H,23,24)(H,25,31)(H,29,30). The van der Waals surface area contributed by atoms with E-state index in [4.69, 9.17) is 0 Å². The van der Waals surface area contributed by atoms with Crippen LogP contribution >= 0.6 is 0 Å². The number of fused-ring (bicyclic) bond motifs is 1. The topological polar surface area (TPSA) is 139 Å². The van der Waals surface area contributed by atoms with Crippen molar-refractivity contribution in [3.63, 3.8) is 0 Å². The average molecular weight is 426 g/mol. The van der Waals surface area contributed by atoms with Crippen LogP contribution in [0.2, 0.25) is 0 Å². The molecule has 11 heteroatoms. The highest BCUT2D eigenvalue weighted by Crippen LogP contribution is 2.18. The summed E-state index contributed by atoms with van der Waals surface area (Å²) in [5.74, 6) is -1.31. The normalized spacial score (nSPS) is 12.3. The molecule has 4 rings (SSSR count). The Kier molecular flexibility index (Phi) is 5.24. The number of nitrogens with zero attached hydrogens (tertiary/aromatic N) is 4. The summed E-state index contributed by atoms with van der Waals surface area (Å²) in [6, 6.07) is 4.87. The van der Waals surface area contributed by atoms with Crippen molar-refractivity contribution in [2.24, 2.45) is 0 Å². The molecule has 1 unspecified atom stereocenters. The van der Waals surface area contributed by atoms with E-state index in [0.717, 1.165) is 5.56 Å². The number of benzene rings is 1. The van der Waals surface area contributed by atoms with E-state index in [1.165, 1.54) is 18.3 Å². The highest BCUT2D eigenvalue weighted by Gasteiger charge is 2.24. The summed E-state index contributed by atoms with van der Waals surface area (Å²) in [5, 5.41) is 13.7. The third-order valence-corrected chi connectivity index (χ3v) is 4.88. The minimum absolute atomic E-state index is 0.00478. The number of aromatic amines is 2. The first-order valence-corrected chi connectivity index (χ1v) is 9.62. The zero-order valence-corrected chi connectivity index (χ0v) is 16.5. The molecule has 1 aromatic carbocycles. The van der Waals surface area contributed by atoms with E-state index in [9.17, 15) is 23.9 Å². The highest BCUT2D eigenvalue weighted by molar-refractivity contribution is 5.76. The van der Waals surface area contributed by atoms with Crippen molar-refractivity contribution >= 4 is 17.1 Å². The van der Waals surface area contributed by atoms with E-state index in [0.29, 0.717) is 23.1 Å². The zero-order chi connectivity index (χ0) is 22.1. The molecule has 0 aliphatic heterocycles. The van der Waals surface area contributed by atoms with Crippen molar-refractivity contribution in [3.05, 3.63) is 68.9 Å². The van der Waals surface area contributed by atoms with Gasteiger partial charge in [-0.2, -0.15) is 5.10 Å². The minimum atomic E-state index is -1.27. The molecular formula is C20H19FN6O4. The van der Waals surface area contributed by atoms with Crippen molar-refractivity contribution < 1.29 is 14.3 Å². The largest absolute Gasteiger partial charge is 0.480 e. The molecule has 3 aromatic heterocycles. The smallest absolute Gasteiger partial charge is 0.330 e. The predicted molar refractivity (Wildman–Crippen MR) is 109 cm³/mol. The lowest BCUT2D eigenvalue weighted by Gasteiger charge is -2.12. The Hall–Kier alpha value is -4.02. The van der Waals surface area contributed by atoms with Gasteiger partial charge in [-0.1, -0.05) is 25.5 Å². The number of rotatable bonds is 7. The molecule has 0 fully saturated rings. The van der Waals surface area contributed by atoms with Crippen LogP contribution in [-0.4, -0.2) is 40.4 Å². The van der Waals surface area contributed by atoms with E-state index < -0.39 is 23.3 Å². The molecule has 1 atom stereocenters. The predicted octanol–water partition coefficient (Wildman–Crippen LogP) is 1.89. The van der Waals surface area contributed by atoms with Crippen LogP contribution in [0.1, 0.15) is 31.4 Å². The quantitative estimate of drug-likeness (QED) is 0.412. The third-order valence-electron chi connectivity index (χ3n) is 4.88. The van der Waals surface area contributed by atoms with Crippen LogP contribution in [0.3, 0.4) is 0 Å². The second kappa shape index (κ2) is 8.01. The van der Waals surface area contributed by atoms with Gasteiger partial charge in [0.1, 0.15) is 23.2 Å². The van der Waals surface area contributed by atoms with Crippen LogP contribution < -0.4 is 11.2 Å². The van der Waals surface area contributed by atoms with Gasteiger partial charge >= 0.3 is 11.7 Å². The lowest BCUT2D eigenvalue weighted by atomic mass is 10.1. The maximum Gasteiger partial charge on any atom is 0.330 e. The summed E-state index contributed by atoms with van der Waals surface area (Å²) in [6.45, 7) is 2.10. The van der Waals surface area contributed by atoms with Gasteiger partial charge in [-0.3, -0.25) is 14.5 Å². The van der Waals surface area contributed by atoms with Gasteiger partial charge in [-0.05, 0) is 24.1 Å². The number of carbonyl (C=O) groups is 1. The van der Waals surface area contributed by atoms with Gasteiger partial charge < -0.3 is 10.1 Å². The molecule has 0 aliphatic rings. The molecule has 0 aliphatic carbocycles. The van der Waals surface area contributed by atoms with Gasteiger partial charge in [0.25, 0.3) is 5.56 Å². The Balaban J connectivity index is 1.71. The number of carboxylic acid groups (broad SMARTS) is 1. The maximum absolute atomic E-state index is 13.4. The molecule has 0 spiro atoms. The Morgan fingerprint density at radius 1 is 1.29 bits per heavy atom. The number of aliphatic carboxylic acids is 1. The van der Waals surface area contributed by atoms with Crippen LogP contribution in [-0.2, 0) is 11.3 Å². The fraction of sp³-hybridized carbons (Fsp3) is 0.250. The first kappa shape index (κ1) is 20.3. The summed E-state index contributed by atoms with van der Waals surface area (Å²) in [5.41, 5.74) is -0.303. The van der Waals surface area contributed by atoms with Crippen molar-refractivity contribution in [1.29, 1.82) is 0 Å². The van der Waals surface area contributed by atoms with Crippen molar-refractivity contribution in [2.75, 3.05) is 0 Å². The lowest BCUT2D eigenvalue weighted by molar-refractivity contribution is -0.141. The number of hydrogen-bond donors (Lipinski definition) is 3. The highest BCUT2D eigenvalue weighted by atomic mass is 19.1.